The van der Waals surface area contributed by atoms with E-state index < -0.39 is 0 Å². The van der Waals surface area contributed by atoms with Gasteiger partial charge in [0.2, 0.25) is 0 Å². The van der Waals surface area contributed by atoms with Crippen LogP contribution in [0.3, 0.4) is 0 Å². The number of nitrogens with one attached hydrogen (secondary N) is 1. The van der Waals surface area contributed by atoms with Crippen LogP contribution in [0.25, 0.3) is 10.9 Å². The van der Waals surface area contributed by atoms with Gasteiger partial charge in [-0.05, 0) is 43.5 Å². The van der Waals surface area contributed by atoms with Crippen molar-refractivity contribution >= 4 is 28.2 Å². The maximum atomic E-state index is 6.00. The highest BCUT2D eigenvalue weighted by Crippen LogP contribution is 2.27. The van der Waals surface area contributed by atoms with Crippen LogP contribution in [-0.4, -0.2) is 11.0 Å². The number of fused-ring (bicyclic) bond motifs is 1. The van der Waals surface area contributed by atoms with Crippen LogP contribution in [0, 0.1) is 6.42 Å². The lowest BCUT2D eigenvalue weighted by Gasteiger charge is -2.24. The van der Waals surface area contributed by atoms with Gasteiger partial charge >= 0.3 is 0 Å². The van der Waals surface area contributed by atoms with Crippen molar-refractivity contribution in [3.63, 3.8) is 0 Å². The first kappa shape index (κ1) is 11.8. The zero-order valence-corrected chi connectivity index (χ0v) is 11.0. The average molecular weight is 260 g/mol. The van der Waals surface area contributed by atoms with E-state index in [0.29, 0.717) is 6.04 Å². The lowest BCUT2D eigenvalue weighted by atomic mass is 9.95. The van der Waals surface area contributed by atoms with Crippen molar-refractivity contribution < 1.29 is 0 Å². The fraction of sp³-hybridized carbons (Fsp3) is 0.333. The molecule has 1 aromatic heterocycles. The standard InChI is InChI=1S/C15H16ClN2/c16-11-6-7-13-14(8-9-17-15(13)10-11)18-12-4-2-1-3-5-12/h2,6-10,12H,1,3-5H2,(H,17,18). The summed E-state index contributed by atoms with van der Waals surface area (Å²) in [6.07, 6.45) is 9.15. The summed E-state index contributed by atoms with van der Waals surface area (Å²) in [6.45, 7) is 0. The molecule has 0 saturated heterocycles. The van der Waals surface area contributed by atoms with E-state index in [2.05, 4.69) is 16.7 Å². The number of halogens is 1. The van der Waals surface area contributed by atoms with Gasteiger partial charge in [-0.1, -0.05) is 24.4 Å². The van der Waals surface area contributed by atoms with Crippen molar-refractivity contribution in [2.24, 2.45) is 0 Å². The Bertz CT molecular complexity index is 547. The van der Waals surface area contributed by atoms with E-state index >= 15 is 0 Å². The summed E-state index contributed by atoms with van der Waals surface area (Å²) in [5, 5.41) is 5.51. The smallest absolute Gasteiger partial charge is 0.0737 e. The average Bonchev–Trinajstić information content (AvgIpc) is 2.40. The first-order chi connectivity index (χ1) is 8.83. The first-order valence-corrected chi connectivity index (χ1v) is 6.83. The topological polar surface area (TPSA) is 24.9 Å². The van der Waals surface area contributed by atoms with E-state index in [9.17, 15) is 0 Å². The van der Waals surface area contributed by atoms with Crippen LogP contribution < -0.4 is 5.32 Å². The molecular formula is C15H16ClN2. The summed E-state index contributed by atoms with van der Waals surface area (Å²) >= 11 is 6.00. The second-order valence-corrected chi connectivity index (χ2v) is 5.25. The monoisotopic (exact) mass is 259 g/mol. The second kappa shape index (κ2) is 5.15. The Kier molecular flexibility index (Phi) is 3.37. The van der Waals surface area contributed by atoms with Gasteiger partial charge in [0, 0.05) is 28.3 Å². The zero-order valence-electron chi connectivity index (χ0n) is 10.2. The minimum atomic E-state index is 0.556. The van der Waals surface area contributed by atoms with Crippen LogP contribution in [0.2, 0.25) is 5.02 Å². The van der Waals surface area contributed by atoms with Crippen molar-refractivity contribution in [1.82, 2.24) is 4.98 Å². The van der Waals surface area contributed by atoms with Crippen molar-refractivity contribution in [3.05, 3.63) is 41.9 Å². The molecule has 1 radical (unpaired) electrons. The molecule has 2 aromatic rings. The molecule has 1 fully saturated rings. The number of nitrogens with zero attached hydrogens (tertiary/aromatic N) is 1. The van der Waals surface area contributed by atoms with Gasteiger partial charge in [-0.2, -0.15) is 0 Å². The van der Waals surface area contributed by atoms with Crippen LogP contribution >= 0.6 is 11.6 Å². The molecule has 3 heteroatoms. The third-order valence-corrected chi connectivity index (χ3v) is 3.71. The molecule has 1 saturated carbocycles. The van der Waals surface area contributed by atoms with Gasteiger partial charge in [0.1, 0.15) is 0 Å². The summed E-state index contributed by atoms with van der Waals surface area (Å²) in [6, 6.07) is 8.48. The fourth-order valence-corrected chi connectivity index (χ4v) is 2.71. The van der Waals surface area contributed by atoms with Crippen molar-refractivity contribution in [2.45, 2.75) is 31.7 Å². The molecule has 0 spiro atoms. The number of anilines is 1. The Morgan fingerprint density at radius 2 is 2.22 bits per heavy atom. The van der Waals surface area contributed by atoms with Crippen LogP contribution in [0.5, 0.6) is 0 Å². The third kappa shape index (κ3) is 2.44. The van der Waals surface area contributed by atoms with Gasteiger partial charge in [-0.15, -0.1) is 0 Å². The summed E-state index contributed by atoms with van der Waals surface area (Å²) in [7, 11) is 0. The van der Waals surface area contributed by atoms with Crippen LogP contribution in [-0.2, 0) is 0 Å². The molecule has 1 N–H and O–H groups in total. The Morgan fingerprint density at radius 3 is 3.06 bits per heavy atom. The number of pyridine rings is 1. The van der Waals surface area contributed by atoms with Gasteiger partial charge in [-0.3, -0.25) is 4.98 Å². The number of benzene rings is 1. The van der Waals surface area contributed by atoms with Gasteiger partial charge in [0.15, 0.2) is 0 Å². The van der Waals surface area contributed by atoms with Crippen LogP contribution in [0.15, 0.2) is 30.5 Å². The highest BCUT2D eigenvalue weighted by molar-refractivity contribution is 6.31. The molecule has 2 nitrogen and oxygen atoms in total. The quantitative estimate of drug-likeness (QED) is 0.862. The van der Waals surface area contributed by atoms with Crippen molar-refractivity contribution in [2.75, 3.05) is 5.32 Å². The van der Waals surface area contributed by atoms with E-state index in [0.717, 1.165) is 28.0 Å². The highest BCUT2D eigenvalue weighted by atomic mass is 35.5. The number of rotatable bonds is 2. The third-order valence-electron chi connectivity index (χ3n) is 3.48. The van der Waals surface area contributed by atoms with E-state index in [1.165, 1.54) is 19.3 Å². The lowest BCUT2D eigenvalue weighted by Crippen LogP contribution is -2.22. The molecule has 1 atom stereocenters. The molecule has 0 bridgehead atoms. The minimum Gasteiger partial charge on any atom is -0.382 e. The predicted molar refractivity (Wildman–Crippen MR) is 76.9 cm³/mol. The Morgan fingerprint density at radius 1 is 1.28 bits per heavy atom. The first-order valence-electron chi connectivity index (χ1n) is 6.45. The fourth-order valence-electron chi connectivity index (χ4n) is 2.54. The van der Waals surface area contributed by atoms with Crippen molar-refractivity contribution in [1.29, 1.82) is 0 Å². The zero-order chi connectivity index (χ0) is 12.4. The van der Waals surface area contributed by atoms with Gasteiger partial charge in [0.05, 0.1) is 5.52 Å². The molecule has 1 heterocycles. The summed E-state index contributed by atoms with van der Waals surface area (Å²) in [5.74, 6) is 0. The molecule has 0 amide bonds. The Balaban J connectivity index is 1.91. The molecular weight excluding hydrogens is 244 g/mol. The van der Waals surface area contributed by atoms with E-state index in [1.807, 2.05) is 30.5 Å². The van der Waals surface area contributed by atoms with E-state index in [4.69, 9.17) is 11.6 Å². The van der Waals surface area contributed by atoms with Gasteiger partial charge in [-0.25, -0.2) is 0 Å². The second-order valence-electron chi connectivity index (χ2n) is 4.82. The van der Waals surface area contributed by atoms with Crippen molar-refractivity contribution in [3.8, 4) is 0 Å². The number of hydrogen-bond acceptors (Lipinski definition) is 2. The maximum absolute atomic E-state index is 6.00. The molecule has 1 aliphatic carbocycles. The predicted octanol–water partition coefficient (Wildman–Crippen LogP) is 4.45. The van der Waals surface area contributed by atoms with Crippen LogP contribution in [0.1, 0.15) is 25.7 Å². The molecule has 93 valence electrons. The maximum Gasteiger partial charge on any atom is 0.0737 e. The SMILES string of the molecule is Clc1ccc2c(NC3C[CH]CCC3)ccnc2c1. The van der Waals surface area contributed by atoms with Crippen LogP contribution in [0.4, 0.5) is 5.69 Å². The molecule has 0 aliphatic heterocycles. The minimum absolute atomic E-state index is 0.556. The lowest BCUT2D eigenvalue weighted by molar-refractivity contribution is 0.539. The molecule has 1 aromatic carbocycles. The molecule has 3 rings (SSSR count). The highest BCUT2D eigenvalue weighted by Gasteiger charge is 2.14. The number of hydrogen-bond donors (Lipinski definition) is 1. The molecule has 18 heavy (non-hydrogen) atoms. The number of aromatic nitrogens is 1. The van der Waals surface area contributed by atoms with E-state index in [1.54, 1.807) is 0 Å². The summed E-state index contributed by atoms with van der Waals surface area (Å²) in [4.78, 5) is 4.36. The summed E-state index contributed by atoms with van der Waals surface area (Å²) < 4.78 is 0. The largest absolute Gasteiger partial charge is 0.382 e. The molecule has 1 aliphatic rings. The van der Waals surface area contributed by atoms with Gasteiger partial charge in [0.25, 0.3) is 0 Å². The Labute approximate surface area is 112 Å². The van der Waals surface area contributed by atoms with E-state index in [-0.39, 0.29) is 0 Å². The van der Waals surface area contributed by atoms with Gasteiger partial charge < -0.3 is 5.32 Å². The summed E-state index contributed by atoms with van der Waals surface area (Å²) in [5.41, 5.74) is 2.12. The normalized spacial score (nSPS) is 16.9. The molecule has 1 unspecified atom stereocenters. The Hall–Kier alpha value is -1.28.